The highest BCUT2D eigenvalue weighted by atomic mass is 19.3. The number of halogens is 4. The average molecular weight is 408 g/mol. The number of fused-ring (bicyclic) bond motifs is 1. The smallest absolute Gasteiger partial charge is 0.280 e. The van der Waals surface area contributed by atoms with Gasteiger partial charge in [0.25, 0.3) is 12.3 Å². The van der Waals surface area contributed by atoms with Crippen LogP contribution in [0.2, 0.25) is 0 Å². The van der Waals surface area contributed by atoms with Crippen molar-refractivity contribution < 1.29 is 17.6 Å². The Labute approximate surface area is 164 Å². The van der Waals surface area contributed by atoms with Crippen LogP contribution in [0, 0.1) is 0 Å². The van der Waals surface area contributed by atoms with E-state index >= 15 is 0 Å². The van der Waals surface area contributed by atoms with Gasteiger partial charge in [-0.25, -0.2) is 27.5 Å². The van der Waals surface area contributed by atoms with E-state index in [9.17, 15) is 17.6 Å². The summed E-state index contributed by atoms with van der Waals surface area (Å²) in [6, 6.07) is 4.96. The molecular weight excluding hydrogens is 388 g/mol. The van der Waals surface area contributed by atoms with Crippen molar-refractivity contribution in [1.82, 2.24) is 25.1 Å². The summed E-state index contributed by atoms with van der Waals surface area (Å²) in [5.74, 6) is -2.61. The highest BCUT2D eigenvalue weighted by Crippen LogP contribution is 2.31. The molecule has 0 saturated carbocycles. The summed E-state index contributed by atoms with van der Waals surface area (Å²) in [6.07, 6.45) is 1.08. The van der Waals surface area contributed by atoms with Gasteiger partial charge in [-0.1, -0.05) is 24.3 Å². The van der Waals surface area contributed by atoms with E-state index in [0.29, 0.717) is 36.4 Å². The molecule has 1 aliphatic heterocycles. The lowest BCUT2D eigenvalue weighted by atomic mass is 9.99. The number of hydrogen-bond acceptors (Lipinski definition) is 5. The molecule has 0 radical (unpaired) electrons. The predicted molar refractivity (Wildman–Crippen MR) is 100 cm³/mol. The van der Waals surface area contributed by atoms with E-state index < -0.39 is 18.4 Å². The standard InChI is InChI=1S/C19H20F4N6/c20-16(21)13-3-1-12(2-4-13)5-7-29-8-6-15(19(22,23)10-29)27-17-14-9-26-28-18(14)25-11-24-17/h1-4,9,11,15-16H,5-8,10H2,(H2,24,25,26,27,28). The van der Waals surface area contributed by atoms with Crippen molar-refractivity contribution in [2.24, 2.45) is 0 Å². The number of rotatable bonds is 6. The highest BCUT2D eigenvalue weighted by Gasteiger charge is 2.44. The minimum absolute atomic E-state index is 0.0383. The molecule has 29 heavy (non-hydrogen) atoms. The first-order valence-corrected chi connectivity index (χ1v) is 9.30. The first kappa shape index (κ1) is 19.6. The van der Waals surface area contributed by atoms with Crippen LogP contribution in [0.15, 0.2) is 36.8 Å². The Balaban J connectivity index is 1.35. The zero-order valence-corrected chi connectivity index (χ0v) is 15.5. The van der Waals surface area contributed by atoms with Crippen LogP contribution >= 0.6 is 0 Å². The third-order valence-electron chi connectivity index (χ3n) is 5.19. The van der Waals surface area contributed by atoms with Gasteiger partial charge in [-0.3, -0.25) is 10.00 Å². The van der Waals surface area contributed by atoms with Crippen LogP contribution in [0.4, 0.5) is 23.4 Å². The number of anilines is 1. The van der Waals surface area contributed by atoms with Gasteiger partial charge in [-0.2, -0.15) is 5.10 Å². The predicted octanol–water partition coefficient (Wildman–Crippen LogP) is 3.65. The quantitative estimate of drug-likeness (QED) is 0.610. The molecule has 2 N–H and O–H groups in total. The van der Waals surface area contributed by atoms with Crippen molar-refractivity contribution in [1.29, 1.82) is 0 Å². The molecule has 0 aliphatic carbocycles. The zero-order chi connectivity index (χ0) is 20.4. The average Bonchev–Trinajstić information content (AvgIpc) is 3.18. The number of nitrogens with zero attached hydrogens (tertiary/aromatic N) is 4. The number of aromatic amines is 1. The van der Waals surface area contributed by atoms with E-state index in [1.54, 1.807) is 17.0 Å². The van der Waals surface area contributed by atoms with Crippen LogP contribution in [0.5, 0.6) is 0 Å². The van der Waals surface area contributed by atoms with E-state index in [1.165, 1.54) is 24.7 Å². The summed E-state index contributed by atoms with van der Waals surface area (Å²) in [7, 11) is 0. The lowest BCUT2D eigenvalue weighted by molar-refractivity contribution is -0.0734. The summed E-state index contributed by atoms with van der Waals surface area (Å²) in [5, 5.41) is 9.98. The second kappa shape index (κ2) is 7.94. The highest BCUT2D eigenvalue weighted by molar-refractivity contribution is 5.85. The number of likely N-dealkylation sites (tertiary alicyclic amines) is 1. The molecule has 0 spiro atoms. The first-order chi connectivity index (χ1) is 13.9. The number of nitrogens with one attached hydrogen (secondary N) is 2. The maximum atomic E-state index is 14.7. The zero-order valence-electron chi connectivity index (χ0n) is 15.5. The van der Waals surface area contributed by atoms with Crippen LogP contribution in [0.3, 0.4) is 0 Å². The van der Waals surface area contributed by atoms with Gasteiger partial charge in [0, 0.05) is 18.7 Å². The van der Waals surface area contributed by atoms with Crippen LogP contribution in [0.1, 0.15) is 24.0 Å². The summed E-state index contributed by atoms with van der Waals surface area (Å²) >= 11 is 0. The molecule has 1 aliphatic rings. The molecule has 1 fully saturated rings. The van der Waals surface area contributed by atoms with E-state index in [0.717, 1.165) is 5.56 Å². The van der Waals surface area contributed by atoms with Gasteiger partial charge in [0.2, 0.25) is 0 Å². The summed E-state index contributed by atoms with van der Waals surface area (Å²) < 4.78 is 54.7. The second-order valence-corrected chi connectivity index (χ2v) is 7.17. The Morgan fingerprint density at radius 1 is 1.21 bits per heavy atom. The molecule has 1 aromatic carbocycles. The molecule has 2 aromatic heterocycles. The van der Waals surface area contributed by atoms with Gasteiger partial charge in [0.15, 0.2) is 5.65 Å². The van der Waals surface area contributed by atoms with Crippen LogP contribution in [-0.2, 0) is 6.42 Å². The lowest BCUT2D eigenvalue weighted by Gasteiger charge is -2.38. The molecule has 154 valence electrons. The fraction of sp³-hybridized carbons (Fsp3) is 0.421. The summed E-state index contributed by atoms with van der Waals surface area (Å²) in [5.41, 5.74) is 1.30. The molecule has 4 rings (SSSR count). The molecule has 6 nitrogen and oxygen atoms in total. The Morgan fingerprint density at radius 2 is 2.00 bits per heavy atom. The van der Waals surface area contributed by atoms with Crippen LogP contribution in [0.25, 0.3) is 11.0 Å². The Kier molecular flexibility index (Phi) is 5.35. The number of aromatic nitrogens is 4. The molecule has 3 aromatic rings. The van der Waals surface area contributed by atoms with Crippen LogP contribution < -0.4 is 5.32 Å². The van der Waals surface area contributed by atoms with Crippen LogP contribution in [-0.4, -0.2) is 56.7 Å². The number of piperidine rings is 1. The molecular formula is C19H20F4N6. The Bertz CT molecular complexity index is 959. The molecule has 1 saturated heterocycles. The second-order valence-electron chi connectivity index (χ2n) is 7.17. The molecule has 0 bridgehead atoms. The van der Waals surface area contributed by atoms with Crippen molar-refractivity contribution in [3.05, 3.63) is 47.9 Å². The fourth-order valence-corrected chi connectivity index (χ4v) is 3.54. The maximum Gasteiger partial charge on any atom is 0.280 e. The third kappa shape index (κ3) is 4.31. The normalized spacial score (nSPS) is 19.7. The van der Waals surface area contributed by atoms with E-state index in [4.69, 9.17) is 0 Å². The third-order valence-corrected chi connectivity index (χ3v) is 5.19. The van der Waals surface area contributed by atoms with Gasteiger partial charge in [0.1, 0.15) is 12.1 Å². The molecule has 1 atom stereocenters. The minimum Gasteiger partial charge on any atom is -0.360 e. The maximum absolute atomic E-state index is 14.7. The fourth-order valence-electron chi connectivity index (χ4n) is 3.54. The SMILES string of the molecule is FC(F)c1ccc(CCN2CCC(Nc3ncnc4[nH]ncc34)C(F)(F)C2)cc1. The van der Waals surface area contributed by atoms with Gasteiger partial charge in [0.05, 0.1) is 24.2 Å². The molecule has 10 heteroatoms. The van der Waals surface area contributed by atoms with Gasteiger partial charge in [-0.05, 0) is 18.4 Å². The number of H-pyrrole nitrogens is 1. The lowest BCUT2D eigenvalue weighted by Crippen LogP contribution is -2.54. The van der Waals surface area contributed by atoms with Gasteiger partial charge < -0.3 is 5.32 Å². The topological polar surface area (TPSA) is 69.7 Å². The number of alkyl halides is 4. The first-order valence-electron chi connectivity index (χ1n) is 9.30. The summed E-state index contributed by atoms with van der Waals surface area (Å²) in [6.45, 7) is 0.567. The largest absolute Gasteiger partial charge is 0.360 e. The van der Waals surface area contributed by atoms with Crippen molar-refractivity contribution >= 4 is 16.9 Å². The monoisotopic (exact) mass is 408 g/mol. The van der Waals surface area contributed by atoms with Crippen molar-refractivity contribution in [2.75, 3.05) is 25.0 Å². The van der Waals surface area contributed by atoms with Crippen molar-refractivity contribution in [3.63, 3.8) is 0 Å². The molecule has 0 amide bonds. The molecule has 1 unspecified atom stereocenters. The number of hydrogen-bond donors (Lipinski definition) is 2. The van der Waals surface area contributed by atoms with Crippen molar-refractivity contribution in [2.45, 2.75) is 31.2 Å². The number of benzene rings is 1. The van der Waals surface area contributed by atoms with Gasteiger partial charge in [-0.15, -0.1) is 0 Å². The van der Waals surface area contributed by atoms with E-state index in [1.807, 2.05) is 0 Å². The summed E-state index contributed by atoms with van der Waals surface area (Å²) in [4.78, 5) is 9.78. The Hall–Kier alpha value is -2.75. The van der Waals surface area contributed by atoms with E-state index in [2.05, 4.69) is 25.5 Å². The minimum atomic E-state index is -2.95. The molecule has 3 heterocycles. The van der Waals surface area contributed by atoms with Gasteiger partial charge >= 0.3 is 0 Å². The van der Waals surface area contributed by atoms with Crippen molar-refractivity contribution in [3.8, 4) is 0 Å². The Morgan fingerprint density at radius 3 is 2.72 bits per heavy atom. The van der Waals surface area contributed by atoms with E-state index in [-0.39, 0.29) is 18.5 Å².